The quantitative estimate of drug-likeness (QED) is 0.107. The smallest absolute Gasteiger partial charge is 0.179 e. The molecule has 11 aromatic rings. The average molecular weight is 825 g/mol. The third kappa shape index (κ3) is 6.21. The molecule has 0 amide bonds. The highest BCUT2D eigenvalue weighted by Gasteiger charge is 2.41. The summed E-state index contributed by atoms with van der Waals surface area (Å²) in [6.07, 6.45) is 6.59. The molecule has 302 valence electrons. The van der Waals surface area contributed by atoms with E-state index in [1.807, 2.05) is 0 Å². The predicted molar refractivity (Wildman–Crippen MR) is 270 cm³/mol. The summed E-state index contributed by atoms with van der Waals surface area (Å²) in [6.45, 7) is 0. The first-order valence-electron chi connectivity index (χ1n) is 22.7. The van der Waals surface area contributed by atoms with Crippen molar-refractivity contribution in [2.75, 3.05) is 0 Å². The molecule has 0 atom stereocenters. The number of rotatable bonds is 8. The van der Waals surface area contributed by atoms with E-state index in [0.717, 1.165) is 0 Å². The fourth-order valence-corrected chi connectivity index (χ4v) is 15.9. The second kappa shape index (κ2) is 15.6. The van der Waals surface area contributed by atoms with Crippen molar-refractivity contribution >= 4 is 72.4 Å². The molecule has 0 saturated heterocycles. The van der Waals surface area contributed by atoms with Crippen LogP contribution in [0.5, 0.6) is 0 Å². The van der Waals surface area contributed by atoms with Crippen molar-refractivity contribution in [3.8, 4) is 22.5 Å². The Kier molecular flexibility index (Phi) is 9.30. The van der Waals surface area contributed by atoms with Gasteiger partial charge in [0.15, 0.2) is 8.07 Å². The van der Waals surface area contributed by atoms with Gasteiger partial charge in [-0.05, 0) is 111 Å². The Morgan fingerprint density at radius 1 is 0.317 bits per heavy atom. The van der Waals surface area contributed by atoms with Gasteiger partial charge in [0.2, 0.25) is 0 Å². The third-order valence-corrected chi connectivity index (χ3v) is 18.8. The number of hydrogen-bond acceptors (Lipinski definition) is 0. The van der Waals surface area contributed by atoms with E-state index in [4.69, 9.17) is 0 Å². The summed E-state index contributed by atoms with van der Waals surface area (Å²) in [4.78, 5) is 0. The van der Waals surface area contributed by atoms with Gasteiger partial charge in [0.05, 0.1) is 22.1 Å². The Balaban J connectivity index is 1.11. The molecule has 2 heterocycles. The second-order valence-electron chi connectivity index (χ2n) is 17.5. The van der Waals surface area contributed by atoms with Gasteiger partial charge in [0, 0.05) is 32.9 Å². The first-order valence-corrected chi connectivity index (χ1v) is 24.7. The van der Waals surface area contributed by atoms with Crippen LogP contribution in [0.15, 0.2) is 224 Å². The van der Waals surface area contributed by atoms with Gasteiger partial charge < -0.3 is 9.13 Å². The highest BCUT2D eigenvalue weighted by atomic mass is 28.3. The van der Waals surface area contributed by atoms with Crippen molar-refractivity contribution in [2.24, 2.45) is 0 Å². The molecule has 63 heavy (non-hydrogen) atoms. The predicted octanol–water partition coefficient (Wildman–Crippen LogP) is 13.0. The molecule has 1 fully saturated rings. The summed E-state index contributed by atoms with van der Waals surface area (Å²) in [6, 6.07) is 84.5. The largest absolute Gasteiger partial charge is 0.309 e. The Bertz CT molecular complexity index is 3320. The molecular formula is C60H48N2Si. The number of nitrogens with zero attached hydrogens (tertiary/aromatic N) is 2. The fraction of sp³-hybridized carbons (Fsp3) is 0.100. The molecule has 3 heteroatoms. The number of aromatic nitrogens is 2. The lowest BCUT2D eigenvalue weighted by Gasteiger charge is -2.34. The molecule has 0 radical (unpaired) electrons. The molecule has 0 bridgehead atoms. The maximum absolute atomic E-state index is 2.76. The molecule has 12 rings (SSSR count). The van der Waals surface area contributed by atoms with Gasteiger partial charge in [0.1, 0.15) is 0 Å². The Labute approximate surface area is 370 Å². The van der Waals surface area contributed by atoms with Gasteiger partial charge in [0.25, 0.3) is 0 Å². The SMILES string of the molecule is c1ccc(-c2ccc3c(c2)c2cc(-n4c5ccccc5c5ccc(C6CCCCC6)cc54)ccc2n3-c2cccc([Si](c3ccccc3)(c3ccccc3)c3ccccc3)c2)cc1. The van der Waals surface area contributed by atoms with Crippen molar-refractivity contribution in [1.29, 1.82) is 0 Å². The lowest BCUT2D eigenvalue weighted by molar-refractivity contribution is 0.444. The summed E-state index contributed by atoms with van der Waals surface area (Å²) in [5, 5.41) is 10.6. The average Bonchev–Trinajstić information content (AvgIpc) is 3.87. The van der Waals surface area contributed by atoms with E-state index in [2.05, 4.69) is 234 Å². The standard InChI is InChI=1S/C60H48N2Si/c1-6-19-43(20-7-1)45-34-37-58-55(39-45)56-42-48(62-57-32-17-16-31-53(57)54-36-33-46(40-60(54)62)44-21-8-2-9-22-44)35-38-59(56)61(58)47-23-18-30-52(41-47)63(49-24-10-3-11-25-49,50-26-12-4-13-27-50)51-28-14-5-15-29-51/h1,3-7,10-20,23-42,44H,2,8-9,21-22H2. The fourth-order valence-electron chi connectivity index (χ4n) is 11.1. The molecule has 1 aliphatic rings. The molecule has 0 N–H and O–H groups in total. The van der Waals surface area contributed by atoms with Crippen molar-refractivity contribution in [1.82, 2.24) is 9.13 Å². The third-order valence-electron chi connectivity index (χ3n) is 14.0. The van der Waals surface area contributed by atoms with Gasteiger partial charge in [-0.1, -0.05) is 189 Å². The van der Waals surface area contributed by atoms with Gasteiger partial charge >= 0.3 is 0 Å². The van der Waals surface area contributed by atoms with Crippen molar-refractivity contribution in [3.63, 3.8) is 0 Å². The van der Waals surface area contributed by atoms with Crippen LogP contribution in [0.25, 0.3) is 66.1 Å². The van der Waals surface area contributed by atoms with E-state index < -0.39 is 8.07 Å². The van der Waals surface area contributed by atoms with E-state index in [1.54, 1.807) is 0 Å². The summed E-state index contributed by atoms with van der Waals surface area (Å²) < 4.78 is 5.04. The zero-order valence-corrected chi connectivity index (χ0v) is 36.4. The molecule has 9 aromatic carbocycles. The summed E-state index contributed by atoms with van der Waals surface area (Å²) in [7, 11) is -2.76. The zero-order chi connectivity index (χ0) is 41.7. The lowest BCUT2D eigenvalue weighted by Crippen LogP contribution is -2.74. The maximum atomic E-state index is 2.53. The Morgan fingerprint density at radius 2 is 0.841 bits per heavy atom. The van der Waals surface area contributed by atoms with Gasteiger partial charge in [-0.25, -0.2) is 0 Å². The van der Waals surface area contributed by atoms with Crippen LogP contribution in [0.2, 0.25) is 0 Å². The molecule has 0 aliphatic heterocycles. The van der Waals surface area contributed by atoms with Crippen LogP contribution in [0.3, 0.4) is 0 Å². The minimum absolute atomic E-state index is 0.634. The number of para-hydroxylation sites is 1. The maximum Gasteiger partial charge on any atom is 0.179 e. The Morgan fingerprint density at radius 3 is 1.52 bits per heavy atom. The van der Waals surface area contributed by atoms with Crippen LogP contribution >= 0.6 is 0 Å². The highest BCUT2D eigenvalue weighted by Crippen LogP contribution is 2.40. The number of hydrogen-bond donors (Lipinski definition) is 0. The zero-order valence-electron chi connectivity index (χ0n) is 35.4. The van der Waals surface area contributed by atoms with Gasteiger partial charge in [-0.3, -0.25) is 0 Å². The van der Waals surface area contributed by atoms with Crippen LogP contribution in [-0.2, 0) is 0 Å². The first-order chi connectivity index (χ1) is 31.3. The molecule has 1 aliphatic carbocycles. The first kappa shape index (κ1) is 37.5. The van der Waals surface area contributed by atoms with Crippen molar-refractivity contribution in [3.05, 3.63) is 230 Å². The minimum atomic E-state index is -2.76. The van der Waals surface area contributed by atoms with Crippen LogP contribution in [0, 0.1) is 0 Å². The van der Waals surface area contributed by atoms with Crippen LogP contribution in [-0.4, -0.2) is 17.2 Å². The summed E-state index contributed by atoms with van der Waals surface area (Å²) >= 11 is 0. The van der Waals surface area contributed by atoms with Crippen molar-refractivity contribution < 1.29 is 0 Å². The number of benzene rings is 9. The van der Waals surface area contributed by atoms with Crippen LogP contribution in [0.1, 0.15) is 43.6 Å². The molecule has 0 unspecified atom stereocenters. The molecule has 2 nitrogen and oxygen atoms in total. The highest BCUT2D eigenvalue weighted by molar-refractivity contribution is 7.19. The van der Waals surface area contributed by atoms with E-state index >= 15 is 0 Å². The monoisotopic (exact) mass is 824 g/mol. The lowest BCUT2D eigenvalue weighted by atomic mass is 9.84. The van der Waals surface area contributed by atoms with Crippen LogP contribution < -0.4 is 20.7 Å². The summed E-state index contributed by atoms with van der Waals surface area (Å²) in [5.74, 6) is 0.634. The molecular weight excluding hydrogens is 777 g/mol. The number of fused-ring (bicyclic) bond motifs is 6. The molecule has 1 saturated carbocycles. The normalized spacial score (nSPS) is 13.7. The van der Waals surface area contributed by atoms with Crippen LogP contribution in [0.4, 0.5) is 0 Å². The molecule has 2 aromatic heterocycles. The van der Waals surface area contributed by atoms with E-state index in [9.17, 15) is 0 Å². The second-order valence-corrected chi connectivity index (χ2v) is 21.3. The Hall–Kier alpha value is -7.20. The topological polar surface area (TPSA) is 9.86 Å². The van der Waals surface area contributed by atoms with Gasteiger partial charge in [-0.15, -0.1) is 0 Å². The van der Waals surface area contributed by atoms with E-state index in [0.29, 0.717) is 5.92 Å². The van der Waals surface area contributed by atoms with E-state index in [-0.39, 0.29) is 0 Å². The minimum Gasteiger partial charge on any atom is -0.309 e. The molecule has 0 spiro atoms. The summed E-state index contributed by atoms with van der Waals surface area (Å²) in [5.41, 5.74) is 11.2. The van der Waals surface area contributed by atoms with E-state index in [1.165, 1.54) is 125 Å². The van der Waals surface area contributed by atoms with Gasteiger partial charge in [-0.2, -0.15) is 0 Å². The van der Waals surface area contributed by atoms with Crippen molar-refractivity contribution in [2.45, 2.75) is 38.0 Å².